The van der Waals surface area contributed by atoms with Gasteiger partial charge in [0.2, 0.25) is 0 Å². The Morgan fingerprint density at radius 3 is 2.65 bits per heavy atom. The maximum absolute atomic E-state index is 4.67. The average molecular weight is 340 g/mol. The van der Waals surface area contributed by atoms with Crippen molar-refractivity contribution in [3.63, 3.8) is 0 Å². The molecule has 0 atom stereocenters. The second kappa shape index (κ2) is 7.41. The molecule has 1 fully saturated rings. The van der Waals surface area contributed by atoms with Gasteiger partial charge in [0.05, 0.1) is 5.69 Å². The zero-order chi connectivity index (χ0) is 14.5. The number of piperidine rings is 1. The molecule has 1 aromatic rings. The highest BCUT2D eigenvalue weighted by Crippen LogP contribution is 2.24. The summed E-state index contributed by atoms with van der Waals surface area (Å²) in [4.78, 5) is 7.09. The van der Waals surface area contributed by atoms with Crippen LogP contribution in [-0.2, 0) is 0 Å². The van der Waals surface area contributed by atoms with Gasteiger partial charge in [0.1, 0.15) is 5.82 Å². The highest BCUT2D eigenvalue weighted by molar-refractivity contribution is 9.10. The van der Waals surface area contributed by atoms with Crippen LogP contribution in [0.4, 0.5) is 5.82 Å². The van der Waals surface area contributed by atoms with E-state index in [4.69, 9.17) is 0 Å². The Balaban J connectivity index is 1.80. The van der Waals surface area contributed by atoms with E-state index < -0.39 is 0 Å². The number of hydrogen-bond acceptors (Lipinski definition) is 3. The second-order valence-electron chi connectivity index (χ2n) is 6.22. The van der Waals surface area contributed by atoms with E-state index in [1.165, 1.54) is 19.4 Å². The molecule has 1 saturated heterocycles. The molecule has 0 amide bonds. The Morgan fingerprint density at radius 1 is 1.35 bits per heavy atom. The fraction of sp³-hybridized carbons (Fsp3) is 0.688. The van der Waals surface area contributed by atoms with E-state index in [1.54, 1.807) is 0 Å². The molecule has 0 spiro atoms. The summed E-state index contributed by atoms with van der Waals surface area (Å²) >= 11 is 3.51. The molecule has 1 aromatic heterocycles. The molecule has 0 unspecified atom stereocenters. The van der Waals surface area contributed by atoms with Crippen molar-refractivity contribution in [2.24, 2.45) is 11.8 Å². The van der Waals surface area contributed by atoms with Crippen molar-refractivity contribution in [2.75, 3.05) is 31.1 Å². The number of nitrogens with one attached hydrogen (secondary N) is 1. The summed E-state index contributed by atoms with van der Waals surface area (Å²) in [5.74, 6) is 2.69. The molecule has 0 radical (unpaired) electrons. The van der Waals surface area contributed by atoms with E-state index in [2.05, 4.69) is 64.0 Å². The minimum Gasteiger partial charge on any atom is -0.357 e. The number of halogens is 1. The van der Waals surface area contributed by atoms with Crippen LogP contribution in [0, 0.1) is 18.8 Å². The third-order valence-corrected chi connectivity index (χ3v) is 4.77. The summed E-state index contributed by atoms with van der Waals surface area (Å²) in [7, 11) is 0. The van der Waals surface area contributed by atoms with E-state index >= 15 is 0 Å². The molecule has 0 aliphatic carbocycles. The van der Waals surface area contributed by atoms with Crippen molar-refractivity contribution >= 4 is 21.7 Å². The standard InChI is InChI=1S/C16H26BrN3/c1-12(2)10-18-11-14-6-8-20(9-7-14)16-5-4-15(17)13(3)19-16/h4-5,12,14,18H,6-11H2,1-3H3. The van der Waals surface area contributed by atoms with Gasteiger partial charge in [-0.1, -0.05) is 13.8 Å². The van der Waals surface area contributed by atoms with Gasteiger partial charge in [-0.05, 0) is 72.8 Å². The van der Waals surface area contributed by atoms with Gasteiger partial charge in [-0.3, -0.25) is 0 Å². The molecular formula is C16H26BrN3. The highest BCUT2D eigenvalue weighted by atomic mass is 79.9. The van der Waals surface area contributed by atoms with Crippen LogP contribution in [0.15, 0.2) is 16.6 Å². The van der Waals surface area contributed by atoms with Crippen LogP contribution in [0.5, 0.6) is 0 Å². The predicted octanol–water partition coefficient (Wildman–Crippen LogP) is 3.61. The van der Waals surface area contributed by atoms with Crippen LogP contribution < -0.4 is 10.2 Å². The first kappa shape index (κ1) is 15.8. The van der Waals surface area contributed by atoms with Gasteiger partial charge < -0.3 is 10.2 Å². The molecular weight excluding hydrogens is 314 g/mol. The zero-order valence-electron chi connectivity index (χ0n) is 12.8. The first-order valence-electron chi connectivity index (χ1n) is 7.65. The van der Waals surface area contributed by atoms with Gasteiger partial charge in [0.25, 0.3) is 0 Å². The highest BCUT2D eigenvalue weighted by Gasteiger charge is 2.20. The quantitative estimate of drug-likeness (QED) is 0.887. The number of anilines is 1. The van der Waals surface area contributed by atoms with Gasteiger partial charge in [0, 0.05) is 17.6 Å². The summed E-state index contributed by atoms with van der Waals surface area (Å²) in [6.45, 7) is 11.1. The lowest BCUT2D eigenvalue weighted by Crippen LogP contribution is -2.38. The summed E-state index contributed by atoms with van der Waals surface area (Å²) in [5.41, 5.74) is 1.07. The number of pyridine rings is 1. The normalized spacial score (nSPS) is 16.9. The van der Waals surface area contributed by atoms with E-state index in [1.807, 2.05) is 0 Å². The van der Waals surface area contributed by atoms with Crippen molar-refractivity contribution in [1.29, 1.82) is 0 Å². The topological polar surface area (TPSA) is 28.2 Å². The van der Waals surface area contributed by atoms with Crippen molar-refractivity contribution in [2.45, 2.75) is 33.6 Å². The second-order valence-corrected chi connectivity index (χ2v) is 7.07. The Kier molecular flexibility index (Phi) is 5.85. The Morgan fingerprint density at radius 2 is 2.05 bits per heavy atom. The maximum atomic E-state index is 4.67. The van der Waals surface area contributed by atoms with E-state index in [0.29, 0.717) is 0 Å². The molecule has 2 rings (SSSR count). The number of aromatic nitrogens is 1. The van der Waals surface area contributed by atoms with Gasteiger partial charge in [-0.25, -0.2) is 4.98 Å². The summed E-state index contributed by atoms with van der Waals surface area (Å²) < 4.78 is 1.09. The minimum atomic E-state index is 0.741. The fourth-order valence-electron chi connectivity index (χ4n) is 2.65. The lowest BCUT2D eigenvalue weighted by Gasteiger charge is -2.33. The van der Waals surface area contributed by atoms with Gasteiger partial charge in [0.15, 0.2) is 0 Å². The van der Waals surface area contributed by atoms with Crippen LogP contribution in [0.1, 0.15) is 32.4 Å². The summed E-state index contributed by atoms with van der Waals surface area (Å²) in [6.07, 6.45) is 2.53. The number of aryl methyl sites for hydroxylation is 1. The number of rotatable bonds is 5. The van der Waals surface area contributed by atoms with Crippen LogP contribution in [0.3, 0.4) is 0 Å². The SMILES string of the molecule is Cc1nc(N2CCC(CNCC(C)C)CC2)ccc1Br. The van der Waals surface area contributed by atoms with E-state index in [9.17, 15) is 0 Å². The molecule has 1 aliphatic rings. The van der Waals surface area contributed by atoms with Crippen LogP contribution in [0.2, 0.25) is 0 Å². The molecule has 1 N–H and O–H groups in total. The third kappa shape index (κ3) is 4.45. The first-order valence-corrected chi connectivity index (χ1v) is 8.44. The number of hydrogen-bond donors (Lipinski definition) is 1. The van der Waals surface area contributed by atoms with E-state index in [-0.39, 0.29) is 0 Å². The van der Waals surface area contributed by atoms with Crippen LogP contribution in [0.25, 0.3) is 0 Å². The van der Waals surface area contributed by atoms with Gasteiger partial charge in [-0.15, -0.1) is 0 Å². The summed E-state index contributed by atoms with van der Waals surface area (Å²) in [5, 5.41) is 3.59. The third-order valence-electron chi connectivity index (χ3n) is 3.93. The average Bonchev–Trinajstić information content (AvgIpc) is 2.42. The van der Waals surface area contributed by atoms with Crippen molar-refractivity contribution in [3.05, 3.63) is 22.3 Å². The smallest absolute Gasteiger partial charge is 0.128 e. The van der Waals surface area contributed by atoms with Gasteiger partial charge >= 0.3 is 0 Å². The molecule has 2 heterocycles. The Hall–Kier alpha value is -0.610. The van der Waals surface area contributed by atoms with Crippen LogP contribution >= 0.6 is 15.9 Å². The fourth-order valence-corrected chi connectivity index (χ4v) is 2.87. The van der Waals surface area contributed by atoms with Crippen LogP contribution in [-0.4, -0.2) is 31.2 Å². The molecule has 0 saturated carbocycles. The molecule has 0 aromatic carbocycles. The largest absolute Gasteiger partial charge is 0.357 e. The van der Waals surface area contributed by atoms with Gasteiger partial charge in [-0.2, -0.15) is 0 Å². The van der Waals surface area contributed by atoms with E-state index in [0.717, 1.165) is 47.5 Å². The Labute approximate surface area is 131 Å². The number of nitrogens with zero attached hydrogens (tertiary/aromatic N) is 2. The molecule has 3 nitrogen and oxygen atoms in total. The molecule has 112 valence electrons. The molecule has 1 aliphatic heterocycles. The van der Waals surface area contributed by atoms with Crippen molar-refractivity contribution in [3.8, 4) is 0 Å². The van der Waals surface area contributed by atoms with Crippen molar-refractivity contribution in [1.82, 2.24) is 10.3 Å². The molecule has 20 heavy (non-hydrogen) atoms. The zero-order valence-corrected chi connectivity index (χ0v) is 14.4. The first-order chi connectivity index (χ1) is 9.56. The lowest BCUT2D eigenvalue weighted by atomic mass is 9.96. The van der Waals surface area contributed by atoms with Crippen molar-refractivity contribution < 1.29 is 0 Å². The monoisotopic (exact) mass is 339 g/mol. The maximum Gasteiger partial charge on any atom is 0.128 e. The molecule has 0 bridgehead atoms. The molecule has 4 heteroatoms. The Bertz CT molecular complexity index is 426. The summed E-state index contributed by atoms with van der Waals surface area (Å²) in [6, 6.07) is 4.22. The lowest BCUT2D eigenvalue weighted by molar-refractivity contribution is 0.373. The predicted molar refractivity (Wildman–Crippen MR) is 89.3 cm³/mol. The minimum absolute atomic E-state index is 0.741.